The molecule has 1 nitrogen and oxygen atoms in total. The molecule has 0 aliphatic rings. The van der Waals surface area contributed by atoms with Crippen molar-refractivity contribution in [3.05, 3.63) is 47.7 Å². The number of nitrogens with zero attached hydrogens (tertiary/aromatic N) is 1. The van der Waals surface area contributed by atoms with Crippen molar-refractivity contribution >= 4 is 17.7 Å². The molecular weight excluding hydrogens is 363 g/mol. The average Bonchev–Trinajstić information content (AvgIpc) is 2.43. The van der Waals surface area contributed by atoms with Gasteiger partial charge in [0.1, 0.15) is 0 Å². The Labute approximate surface area is 157 Å². The van der Waals surface area contributed by atoms with Crippen molar-refractivity contribution in [2.75, 3.05) is 0 Å². The Morgan fingerprint density at radius 1 is 0.920 bits per heavy atom. The van der Waals surface area contributed by atoms with Crippen LogP contribution in [0.1, 0.15) is 52.7 Å². The second-order valence-corrected chi connectivity index (χ2v) is 21.1. The fourth-order valence-electron chi connectivity index (χ4n) is 3.19. The molecule has 0 N–H and O–H groups in total. The number of pyridine rings is 1. The van der Waals surface area contributed by atoms with E-state index in [2.05, 4.69) is 95.3 Å². The van der Waals surface area contributed by atoms with Crippen LogP contribution in [0.4, 0.5) is 0 Å². The van der Waals surface area contributed by atoms with Gasteiger partial charge in [0, 0.05) is 0 Å². The molecule has 0 aliphatic heterocycles. The fourth-order valence-corrected chi connectivity index (χ4v) is 6.50. The van der Waals surface area contributed by atoms with Crippen molar-refractivity contribution in [3.8, 4) is 11.3 Å². The molecule has 2 aromatic rings. The molecule has 0 aliphatic carbocycles. The number of hydrogen-bond acceptors (Lipinski definition) is 1. The van der Waals surface area contributed by atoms with Crippen LogP contribution in [0, 0.1) is 5.41 Å². The van der Waals surface area contributed by atoms with E-state index in [-0.39, 0.29) is 10.8 Å². The van der Waals surface area contributed by atoms with Crippen LogP contribution in [0.25, 0.3) is 11.3 Å². The van der Waals surface area contributed by atoms with E-state index in [0.29, 0.717) is 0 Å². The molecule has 0 unspecified atom stereocenters. The minimum absolute atomic E-state index is 0.158. The van der Waals surface area contributed by atoms with E-state index < -0.39 is 13.3 Å². The Morgan fingerprint density at radius 3 is 2.08 bits per heavy atom. The summed E-state index contributed by atoms with van der Waals surface area (Å²) in [6, 6.07) is 11.2. The zero-order chi connectivity index (χ0) is 19.0. The van der Waals surface area contributed by atoms with Crippen LogP contribution in [0.5, 0.6) is 0 Å². The van der Waals surface area contributed by atoms with Gasteiger partial charge in [-0.25, -0.2) is 0 Å². The van der Waals surface area contributed by atoms with E-state index in [1.165, 1.54) is 16.7 Å². The zero-order valence-electron chi connectivity index (χ0n) is 17.6. The van der Waals surface area contributed by atoms with Gasteiger partial charge in [-0.05, 0) is 0 Å². The van der Waals surface area contributed by atoms with Gasteiger partial charge in [0.25, 0.3) is 0 Å². The van der Waals surface area contributed by atoms with Crippen LogP contribution in [0.2, 0.25) is 17.3 Å². The molecule has 1 aromatic carbocycles. The van der Waals surface area contributed by atoms with Crippen molar-refractivity contribution in [1.82, 2.24) is 4.98 Å². The summed E-state index contributed by atoms with van der Waals surface area (Å²) in [4.78, 5) is 4.88. The zero-order valence-corrected chi connectivity index (χ0v) is 19.7. The number of benzene rings is 1. The maximum absolute atomic E-state index is 4.88. The molecule has 0 bridgehead atoms. The molecule has 2 rings (SSSR count). The van der Waals surface area contributed by atoms with Crippen LogP contribution in [0.3, 0.4) is 0 Å². The summed E-state index contributed by atoms with van der Waals surface area (Å²) < 4.78 is 1.55. The Bertz CT molecular complexity index is 740. The minimum atomic E-state index is -1.94. The first-order valence-electron chi connectivity index (χ1n) is 9.38. The Hall–Kier alpha value is -1.09. The van der Waals surface area contributed by atoms with E-state index in [4.69, 9.17) is 4.98 Å². The van der Waals surface area contributed by atoms with Gasteiger partial charge in [0.15, 0.2) is 0 Å². The molecule has 136 valence electrons. The summed E-state index contributed by atoms with van der Waals surface area (Å²) in [5.41, 5.74) is 5.66. The van der Waals surface area contributed by atoms with Gasteiger partial charge in [-0.1, -0.05) is 0 Å². The van der Waals surface area contributed by atoms with Crippen LogP contribution in [0.15, 0.2) is 36.5 Å². The van der Waals surface area contributed by atoms with Crippen LogP contribution in [-0.4, -0.2) is 18.3 Å². The number of hydrogen-bond donors (Lipinski definition) is 0. The maximum atomic E-state index is 4.88. The quantitative estimate of drug-likeness (QED) is 0.563. The van der Waals surface area contributed by atoms with Gasteiger partial charge in [0.2, 0.25) is 0 Å². The summed E-state index contributed by atoms with van der Waals surface area (Å²) in [5.74, 6) is 7.38. The van der Waals surface area contributed by atoms with Crippen LogP contribution < -0.4 is 4.40 Å². The first-order valence-corrected chi connectivity index (χ1v) is 16.7. The van der Waals surface area contributed by atoms with E-state index in [1.807, 2.05) is 0 Å². The van der Waals surface area contributed by atoms with Crippen LogP contribution >= 0.6 is 0 Å². The first-order chi connectivity index (χ1) is 11.3. The predicted molar refractivity (Wildman–Crippen MR) is 115 cm³/mol. The van der Waals surface area contributed by atoms with Gasteiger partial charge in [0.05, 0.1) is 0 Å². The molecule has 0 amide bonds. The first kappa shape index (κ1) is 20.2. The normalized spacial score (nSPS) is 13.2. The molecule has 0 fully saturated rings. The molecule has 0 spiro atoms. The summed E-state index contributed by atoms with van der Waals surface area (Å²) in [7, 11) is 0. The average molecular weight is 398 g/mol. The van der Waals surface area contributed by atoms with Gasteiger partial charge >= 0.3 is 158 Å². The van der Waals surface area contributed by atoms with E-state index in [9.17, 15) is 0 Å². The predicted octanol–water partition coefficient (Wildman–Crippen LogP) is 6.18. The van der Waals surface area contributed by atoms with Gasteiger partial charge in [-0.3, -0.25) is 0 Å². The van der Waals surface area contributed by atoms with Crippen molar-refractivity contribution < 1.29 is 0 Å². The van der Waals surface area contributed by atoms with E-state index >= 15 is 0 Å². The van der Waals surface area contributed by atoms with Gasteiger partial charge in [-0.15, -0.1) is 0 Å². The standard InChI is InChI=1S/C23H35GeN/c1-22(2,3)15-18-14-21(25-16-20(18)24(7,8)9)17-11-10-12-19(13-17)23(4,5)6/h10-14,16H,15H2,1-9H3. The fraction of sp³-hybridized carbons (Fsp3) is 0.522. The number of aromatic nitrogens is 1. The molecule has 0 atom stereocenters. The summed E-state index contributed by atoms with van der Waals surface area (Å²) in [6.45, 7) is 13.8. The summed E-state index contributed by atoms with van der Waals surface area (Å²) >= 11 is -1.94. The Balaban J connectivity index is 2.55. The SMILES string of the molecule is CC(C)(C)Cc1cc(-c2cccc(C(C)(C)C)c2)nc[c]1[Ge]([CH3])([CH3])[CH3]. The van der Waals surface area contributed by atoms with Crippen molar-refractivity contribution in [3.63, 3.8) is 0 Å². The Kier molecular flexibility index (Phi) is 5.59. The third kappa shape index (κ3) is 5.44. The second kappa shape index (κ2) is 6.91. The van der Waals surface area contributed by atoms with Gasteiger partial charge < -0.3 is 0 Å². The molecule has 2 heteroatoms. The third-order valence-electron chi connectivity index (χ3n) is 4.54. The molecule has 0 radical (unpaired) electrons. The molecular formula is C23H35GeN. The second-order valence-electron chi connectivity index (χ2n) is 10.5. The molecule has 1 aromatic heterocycles. The van der Waals surface area contributed by atoms with E-state index in [1.54, 1.807) is 4.40 Å². The van der Waals surface area contributed by atoms with E-state index in [0.717, 1.165) is 12.1 Å². The van der Waals surface area contributed by atoms with Crippen molar-refractivity contribution in [1.29, 1.82) is 0 Å². The van der Waals surface area contributed by atoms with Crippen molar-refractivity contribution in [2.24, 2.45) is 5.41 Å². The topological polar surface area (TPSA) is 12.9 Å². The molecule has 25 heavy (non-hydrogen) atoms. The monoisotopic (exact) mass is 399 g/mol. The molecule has 0 saturated heterocycles. The molecule has 1 heterocycles. The van der Waals surface area contributed by atoms with Crippen molar-refractivity contribution in [2.45, 2.75) is 70.6 Å². The Morgan fingerprint density at radius 2 is 1.56 bits per heavy atom. The summed E-state index contributed by atoms with van der Waals surface area (Å²) in [5, 5.41) is 0. The summed E-state index contributed by atoms with van der Waals surface area (Å²) in [6.07, 6.45) is 3.29. The van der Waals surface area contributed by atoms with Gasteiger partial charge in [-0.2, -0.15) is 0 Å². The van der Waals surface area contributed by atoms with Crippen LogP contribution in [-0.2, 0) is 11.8 Å². The number of rotatable bonds is 3. The third-order valence-corrected chi connectivity index (χ3v) is 8.88. The molecule has 0 saturated carbocycles.